The molecular formula is C25H26FN5O4. The van der Waals surface area contributed by atoms with E-state index in [1.165, 1.54) is 13.0 Å². The van der Waals surface area contributed by atoms with Gasteiger partial charge in [-0.1, -0.05) is 12.1 Å². The van der Waals surface area contributed by atoms with Crippen LogP contribution in [0.4, 0.5) is 15.8 Å². The van der Waals surface area contributed by atoms with Gasteiger partial charge in [-0.05, 0) is 56.7 Å². The fourth-order valence-electron chi connectivity index (χ4n) is 4.35. The van der Waals surface area contributed by atoms with E-state index in [1.54, 1.807) is 47.7 Å². The van der Waals surface area contributed by atoms with Crippen LogP contribution in [0.15, 0.2) is 42.5 Å². The standard InChI is InChI=1S/C25H26FN5O4/c1-16-24(31(34)35)17(2)30(27-16)15-19-4-6-20(7-5-19)25(33)29-12-10-28(11-13-29)23-9-8-21(18(3)32)14-22(23)26/h4-9,14H,10-13,15H2,1-3H3. The molecule has 0 N–H and O–H groups in total. The van der Waals surface area contributed by atoms with Crippen LogP contribution < -0.4 is 4.90 Å². The number of anilines is 1. The number of ketones is 1. The van der Waals surface area contributed by atoms with Crippen molar-refractivity contribution in [3.8, 4) is 0 Å². The molecule has 0 spiro atoms. The van der Waals surface area contributed by atoms with Crippen molar-refractivity contribution in [2.75, 3.05) is 31.1 Å². The zero-order chi connectivity index (χ0) is 25.3. The Bertz CT molecular complexity index is 1290. The lowest BCUT2D eigenvalue weighted by atomic mass is 10.1. The Balaban J connectivity index is 1.38. The number of aromatic nitrogens is 2. The van der Waals surface area contributed by atoms with Crippen molar-refractivity contribution in [2.45, 2.75) is 27.3 Å². The topological polar surface area (TPSA) is 102 Å². The van der Waals surface area contributed by atoms with E-state index in [0.717, 1.165) is 5.56 Å². The number of hydrogen-bond donors (Lipinski definition) is 0. The van der Waals surface area contributed by atoms with Gasteiger partial charge in [0.1, 0.15) is 17.2 Å². The summed E-state index contributed by atoms with van der Waals surface area (Å²) < 4.78 is 16.1. The van der Waals surface area contributed by atoms with Crippen molar-refractivity contribution >= 4 is 23.1 Å². The normalized spacial score (nSPS) is 13.7. The van der Waals surface area contributed by atoms with Crippen LogP contribution in [-0.2, 0) is 6.54 Å². The summed E-state index contributed by atoms with van der Waals surface area (Å²) in [6.07, 6.45) is 0. The lowest BCUT2D eigenvalue weighted by Crippen LogP contribution is -2.49. The second-order valence-electron chi connectivity index (χ2n) is 8.63. The van der Waals surface area contributed by atoms with Gasteiger partial charge in [0, 0.05) is 37.3 Å². The van der Waals surface area contributed by atoms with Crippen LogP contribution in [0, 0.1) is 29.8 Å². The molecule has 0 unspecified atom stereocenters. The predicted molar refractivity (Wildman–Crippen MR) is 128 cm³/mol. The smallest absolute Gasteiger partial charge is 0.312 e. The maximum Gasteiger partial charge on any atom is 0.312 e. The van der Waals surface area contributed by atoms with Crippen LogP contribution in [0.25, 0.3) is 0 Å². The molecule has 10 heteroatoms. The molecule has 1 amide bonds. The SMILES string of the molecule is CC(=O)c1ccc(N2CCN(C(=O)c3ccc(Cn4nc(C)c([N+](=O)[O-])c4C)cc3)CC2)c(F)c1. The van der Waals surface area contributed by atoms with Gasteiger partial charge in [-0.2, -0.15) is 5.10 Å². The van der Waals surface area contributed by atoms with Crippen molar-refractivity contribution in [3.05, 3.63) is 86.5 Å². The van der Waals surface area contributed by atoms with Gasteiger partial charge < -0.3 is 9.80 Å². The first-order chi connectivity index (χ1) is 16.7. The Hall–Kier alpha value is -4.08. The summed E-state index contributed by atoms with van der Waals surface area (Å²) in [6, 6.07) is 11.6. The largest absolute Gasteiger partial charge is 0.366 e. The summed E-state index contributed by atoms with van der Waals surface area (Å²) in [5, 5.41) is 15.5. The van der Waals surface area contributed by atoms with E-state index < -0.39 is 10.7 Å². The van der Waals surface area contributed by atoms with Crippen molar-refractivity contribution in [1.29, 1.82) is 0 Å². The van der Waals surface area contributed by atoms with Gasteiger partial charge in [-0.25, -0.2) is 4.39 Å². The van der Waals surface area contributed by atoms with E-state index in [-0.39, 0.29) is 17.4 Å². The Kier molecular flexibility index (Phi) is 6.63. The van der Waals surface area contributed by atoms with E-state index >= 15 is 0 Å². The fraction of sp³-hybridized carbons (Fsp3) is 0.320. The number of nitrogens with zero attached hydrogens (tertiary/aromatic N) is 5. The molecule has 0 aliphatic carbocycles. The summed E-state index contributed by atoms with van der Waals surface area (Å²) in [4.78, 5) is 38.8. The van der Waals surface area contributed by atoms with Crippen LogP contribution in [0.1, 0.15) is 44.6 Å². The molecular weight excluding hydrogens is 453 g/mol. The third-order valence-corrected chi connectivity index (χ3v) is 6.32. The third kappa shape index (κ3) is 4.91. The van der Waals surface area contributed by atoms with Crippen LogP contribution in [0.5, 0.6) is 0 Å². The Labute approximate surface area is 201 Å². The zero-order valence-corrected chi connectivity index (χ0v) is 19.8. The number of carbonyl (C=O) groups excluding carboxylic acids is 2. The average molecular weight is 480 g/mol. The molecule has 1 fully saturated rings. The molecule has 1 aliphatic heterocycles. The quantitative estimate of drug-likeness (QED) is 0.303. The molecule has 9 nitrogen and oxygen atoms in total. The average Bonchev–Trinajstić information content (AvgIpc) is 3.11. The van der Waals surface area contributed by atoms with Crippen LogP contribution >= 0.6 is 0 Å². The minimum atomic E-state index is -0.444. The maximum absolute atomic E-state index is 14.5. The highest BCUT2D eigenvalue weighted by Gasteiger charge is 2.25. The molecule has 182 valence electrons. The van der Waals surface area contributed by atoms with Gasteiger partial charge in [0.15, 0.2) is 5.78 Å². The second kappa shape index (κ2) is 9.65. The minimum Gasteiger partial charge on any atom is -0.366 e. The van der Waals surface area contributed by atoms with Gasteiger partial charge in [0.25, 0.3) is 5.91 Å². The zero-order valence-electron chi connectivity index (χ0n) is 19.8. The van der Waals surface area contributed by atoms with E-state index in [1.807, 2.05) is 17.0 Å². The lowest BCUT2D eigenvalue weighted by molar-refractivity contribution is -0.386. The first kappa shape index (κ1) is 24.1. The number of halogens is 1. The molecule has 0 atom stereocenters. The molecule has 1 saturated heterocycles. The second-order valence-corrected chi connectivity index (χ2v) is 8.63. The summed E-state index contributed by atoms with van der Waals surface area (Å²) in [7, 11) is 0. The van der Waals surface area contributed by atoms with Crippen molar-refractivity contribution in [2.24, 2.45) is 0 Å². The molecule has 0 radical (unpaired) electrons. The van der Waals surface area contributed by atoms with Crippen molar-refractivity contribution in [3.63, 3.8) is 0 Å². The molecule has 3 aromatic rings. The molecule has 0 bridgehead atoms. The number of benzene rings is 2. The number of carbonyl (C=O) groups is 2. The maximum atomic E-state index is 14.5. The number of aryl methyl sites for hydroxylation is 1. The van der Waals surface area contributed by atoms with Crippen LogP contribution in [-0.4, -0.2) is 57.5 Å². The molecule has 2 heterocycles. The highest BCUT2D eigenvalue weighted by atomic mass is 19.1. The Morgan fingerprint density at radius 3 is 2.20 bits per heavy atom. The summed E-state index contributed by atoms with van der Waals surface area (Å²) >= 11 is 0. The highest BCUT2D eigenvalue weighted by Crippen LogP contribution is 2.24. The Morgan fingerprint density at radius 1 is 1.03 bits per heavy atom. The summed E-state index contributed by atoms with van der Waals surface area (Å²) in [6.45, 7) is 6.90. The summed E-state index contributed by atoms with van der Waals surface area (Å²) in [5.74, 6) is -0.737. The van der Waals surface area contributed by atoms with Crippen LogP contribution in [0.3, 0.4) is 0 Å². The number of piperazine rings is 1. The van der Waals surface area contributed by atoms with Gasteiger partial charge in [-0.15, -0.1) is 0 Å². The first-order valence-corrected chi connectivity index (χ1v) is 11.3. The molecule has 4 rings (SSSR count). The van der Waals surface area contributed by atoms with Gasteiger partial charge in [-0.3, -0.25) is 24.4 Å². The molecule has 2 aromatic carbocycles. The molecule has 1 aliphatic rings. The fourth-order valence-corrected chi connectivity index (χ4v) is 4.35. The van der Waals surface area contributed by atoms with Crippen LogP contribution in [0.2, 0.25) is 0 Å². The van der Waals surface area contributed by atoms with Gasteiger partial charge >= 0.3 is 5.69 Å². The van der Waals surface area contributed by atoms with Crippen molar-refractivity contribution < 1.29 is 18.9 Å². The minimum absolute atomic E-state index is 0.0191. The Morgan fingerprint density at radius 2 is 1.66 bits per heavy atom. The third-order valence-electron chi connectivity index (χ3n) is 6.32. The van der Waals surface area contributed by atoms with E-state index in [9.17, 15) is 24.1 Å². The number of Topliss-reactive ketones (excluding diaryl/α,β-unsaturated/α-hetero) is 1. The lowest BCUT2D eigenvalue weighted by Gasteiger charge is -2.36. The van der Waals surface area contributed by atoms with Gasteiger partial charge in [0.2, 0.25) is 0 Å². The number of amides is 1. The van der Waals surface area contributed by atoms with E-state index in [2.05, 4.69) is 5.10 Å². The van der Waals surface area contributed by atoms with E-state index in [0.29, 0.717) is 60.9 Å². The summed E-state index contributed by atoms with van der Waals surface area (Å²) in [5.41, 5.74) is 3.04. The molecule has 1 aromatic heterocycles. The number of nitro groups is 1. The van der Waals surface area contributed by atoms with E-state index in [4.69, 9.17) is 0 Å². The first-order valence-electron chi connectivity index (χ1n) is 11.3. The number of rotatable bonds is 6. The molecule has 0 saturated carbocycles. The number of hydrogen-bond acceptors (Lipinski definition) is 6. The van der Waals surface area contributed by atoms with Crippen molar-refractivity contribution in [1.82, 2.24) is 14.7 Å². The predicted octanol–water partition coefficient (Wildman–Crippen LogP) is 3.76. The monoisotopic (exact) mass is 479 g/mol. The highest BCUT2D eigenvalue weighted by molar-refractivity contribution is 5.95. The molecule has 35 heavy (non-hydrogen) atoms. The van der Waals surface area contributed by atoms with Gasteiger partial charge in [0.05, 0.1) is 17.2 Å².